The van der Waals surface area contributed by atoms with E-state index in [1.807, 2.05) is 20.8 Å². The van der Waals surface area contributed by atoms with E-state index in [4.69, 9.17) is 5.73 Å². The highest BCUT2D eigenvalue weighted by molar-refractivity contribution is 5.95. The molecule has 1 fully saturated rings. The summed E-state index contributed by atoms with van der Waals surface area (Å²) in [5.41, 5.74) is 5.30. The number of urea groups is 1. The summed E-state index contributed by atoms with van der Waals surface area (Å²) in [5, 5.41) is 5.05. The molecule has 0 saturated carbocycles. The second-order valence-electron chi connectivity index (χ2n) is 6.37. The van der Waals surface area contributed by atoms with E-state index in [0.717, 1.165) is 13.0 Å². The van der Waals surface area contributed by atoms with Crippen molar-refractivity contribution in [2.45, 2.75) is 45.7 Å². The third-order valence-electron chi connectivity index (χ3n) is 3.21. The van der Waals surface area contributed by atoms with Gasteiger partial charge in [0.15, 0.2) is 0 Å². The third-order valence-corrected chi connectivity index (χ3v) is 3.21. The first kappa shape index (κ1) is 19.1. The van der Waals surface area contributed by atoms with Crippen molar-refractivity contribution in [3.05, 3.63) is 0 Å². The molecule has 4 N–H and O–H groups in total. The van der Waals surface area contributed by atoms with Gasteiger partial charge in [-0.2, -0.15) is 0 Å². The number of amides is 3. The van der Waals surface area contributed by atoms with Gasteiger partial charge < -0.3 is 11.1 Å². The summed E-state index contributed by atoms with van der Waals surface area (Å²) in [6.45, 7) is 9.40. The lowest BCUT2D eigenvalue weighted by atomic mass is 10.1. The van der Waals surface area contributed by atoms with Gasteiger partial charge in [0.2, 0.25) is 5.91 Å². The van der Waals surface area contributed by atoms with Gasteiger partial charge in [-0.25, -0.2) is 4.79 Å². The van der Waals surface area contributed by atoms with Gasteiger partial charge in [0.1, 0.15) is 0 Å². The second-order valence-corrected chi connectivity index (χ2v) is 6.37. The number of likely N-dealkylation sites (tertiary alicyclic amines) is 1. The minimum atomic E-state index is -0.445. The molecule has 6 nitrogen and oxygen atoms in total. The quantitative estimate of drug-likeness (QED) is 0.716. The lowest BCUT2D eigenvalue weighted by Gasteiger charge is -2.22. The van der Waals surface area contributed by atoms with Crippen molar-refractivity contribution in [2.24, 2.45) is 11.7 Å². The van der Waals surface area contributed by atoms with Crippen molar-refractivity contribution >= 4 is 24.3 Å². The molecule has 0 aromatic rings. The van der Waals surface area contributed by atoms with Crippen molar-refractivity contribution in [1.82, 2.24) is 15.5 Å². The molecule has 0 aromatic heterocycles. The number of imide groups is 1. The Hall–Kier alpha value is -0.850. The zero-order chi connectivity index (χ0) is 14.6. The molecule has 1 heterocycles. The Morgan fingerprint density at radius 3 is 2.40 bits per heavy atom. The van der Waals surface area contributed by atoms with E-state index in [1.54, 1.807) is 0 Å². The zero-order valence-corrected chi connectivity index (χ0v) is 13.5. The standard InChI is InChI=1S/C13H26N4O2.ClH/c1-9-5-10(6-14)7-17(9)8-11(18)15-12(19)16-13(2,3)4;/h9-10H,5-8,14H2,1-4H3,(H2,15,16,18,19);1H. The monoisotopic (exact) mass is 306 g/mol. The van der Waals surface area contributed by atoms with Crippen LogP contribution in [0.3, 0.4) is 0 Å². The fourth-order valence-electron chi connectivity index (χ4n) is 2.33. The van der Waals surface area contributed by atoms with Crippen LogP contribution in [0.25, 0.3) is 0 Å². The second kappa shape index (κ2) is 7.81. The fourth-order valence-corrected chi connectivity index (χ4v) is 2.33. The lowest BCUT2D eigenvalue weighted by Crippen LogP contribution is -2.50. The van der Waals surface area contributed by atoms with E-state index in [9.17, 15) is 9.59 Å². The van der Waals surface area contributed by atoms with Crippen LogP contribution in [0.15, 0.2) is 0 Å². The summed E-state index contributed by atoms with van der Waals surface area (Å²) in [6, 6.07) is -0.107. The lowest BCUT2D eigenvalue weighted by molar-refractivity contribution is -0.121. The van der Waals surface area contributed by atoms with Crippen molar-refractivity contribution < 1.29 is 9.59 Å². The van der Waals surface area contributed by atoms with Crippen LogP contribution in [-0.2, 0) is 4.79 Å². The van der Waals surface area contributed by atoms with Crippen LogP contribution in [0.5, 0.6) is 0 Å². The number of rotatable bonds is 3. The Morgan fingerprint density at radius 2 is 1.95 bits per heavy atom. The minimum Gasteiger partial charge on any atom is -0.333 e. The summed E-state index contributed by atoms with van der Waals surface area (Å²) >= 11 is 0. The summed E-state index contributed by atoms with van der Waals surface area (Å²) in [5.74, 6) is 0.178. The molecule has 0 radical (unpaired) electrons. The normalized spacial score (nSPS) is 23.1. The zero-order valence-electron chi connectivity index (χ0n) is 12.7. The molecule has 1 aliphatic rings. The van der Waals surface area contributed by atoms with E-state index in [2.05, 4.69) is 22.5 Å². The van der Waals surface area contributed by atoms with Gasteiger partial charge >= 0.3 is 6.03 Å². The van der Waals surface area contributed by atoms with E-state index in [0.29, 0.717) is 18.5 Å². The van der Waals surface area contributed by atoms with Gasteiger partial charge in [-0.3, -0.25) is 15.0 Å². The Bertz CT molecular complexity index is 344. The van der Waals surface area contributed by atoms with Gasteiger partial charge in [0.25, 0.3) is 0 Å². The number of halogens is 1. The van der Waals surface area contributed by atoms with Crippen molar-refractivity contribution in [1.29, 1.82) is 0 Å². The van der Waals surface area contributed by atoms with Crippen LogP contribution in [0, 0.1) is 5.92 Å². The first-order valence-electron chi connectivity index (χ1n) is 6.77. The molecule has 2 atom stereocenters. The largest absolute Gasteiger partial charge is 0.333 e. The predicted molar refractivity (Wildman–Crippen MR) is 81.9 cm³/mol. The van der Waals surface area contributed by atoms with Crippen molar-refractivity contribution in [3.63, 3.8) is 0 Å². The van der Waals surface area contributed by atoms with Crippen molar-refractivity contribution in [2.75, 3.05) is 19.6 Å². The Kier molecular flexibility index (Phi) is 7.47. The smallest absolute Gasteiger partial charge is 0.321 e. The maximum atomic E-state index is 11.8. The van der Waals surface area contributed by atoms with Gasteiger partial charge in [-0.05, 0) is 46.6 Å². The maximum absolute atomic E-state index is 11.8. The Morgan fingerprint density at radius 1 is 1.35 bits per heavy atom. The first-order chi connectivity index (χ1) is 8.71. The van der Waals surface area contributed by atoms with E-state index in [-0.39, 0.29) is 30.4 Å². The molecule has 118 valence electrons. The number of nitrogens with zero attached hydrogens (tertiary/aromatic N) is 1. The summed E-state index contributed by atoms with van der Waals surface area (Å²) in [6.07, 6.45) is 1.01. The van der Waals surface area contributed by atoms with Gasteiger partial charge in [-0.1, -0.05) is 0 Å². The van der Waals surface area contributed by atoms with Crippen molar-refractivity contribution in [3.8, 4) is 0 Å². The molecule has 0 spiro atoms. The van der Waals surface area contributed by atoms with E-state index in [1.165, 1.54) is 0 Å². The molecule has 7 heteroatoms. The number of hydrogen-bond acceptors (Lipinski definition) is 4. The van der Waals surface area contributed by atoms with Crippen LogP contribution in [0.2, 0.25) is 0 Å². The molecule has 1 saturated heterocycles. The van der Waals surface area contributed by atoms with Crippen LogP contribution in [0.4, 0.5) is 4.79 Å². The molecule has 1 rings (SSSR count). The molecular formula is C13H27ClN4O2. The van der Waals surface area contributed by atoms with E-state index >= 15 is 0 Å². The van der Waals surface area contributed by atoms with Crippen LogP contribution < -0.4 is 16.4 Å². The third kappa shape index (κ3) is 6.54. The molecule has 0 aliphatic carbocycles. The topological polar surface area (TPSA) is 87.5 Å². The molecular weight excluding hydrogens is 280 g/mol. The summed E-state index contributed by atoms with van der Waals surface area (Å²) in [7, 11) is 0. The highest BCUT2D eigenvalue weighted by Gasteiger charge is 2.29. The molecule has 0 aromatic carbocycles. The van der Waals surface area contributed by atoms with Gasteiger partial charge in [0, 0.05) is 18.1 Å². The molecule has 20 heavy (non-hydrogen) atoms. The minimum absolute atomic E-state index is 0. The number of carbonyl (C=O) groups excluding carboxylic acids is 2. The van der Waals surface area contributed by atoms with Crippen LogP contribution in [0.1, 0.15) is 34.1 Å². The maximum Gasteiger partial charge on any atom is 0.321 e. The highest BCUT2D eigenvalue weighted by atomic mass is 35.5. The Balaban J connectivity index is 0.00000361. The summed E-state index contributed by atoms with van der Waals surface area (Å²) < 4.78 is 0. The predicted octanol–water partition coefficient (Wildman–Crippen LogP) is 0.702. The number of nitrogens with two attached hydrogens (primary N) is 1. The SMILES string of the molecule is CC1CC(CN)CN1CC(=O)NC(=O)NC(C)(C)C.Cl. The van der Waals surface area contributed by atoms with Crippen LogP contribution >= 0.6 is 12.4 Å². The highest BCUT2D eigenvalue weighted by Crippen LogP contribution is 2.21. The molecule has 2 unspecified atom stereocenters. The van der Waals surface area contributed by atoms with Gasteiger partial charge in [-0.15, -0.1) is 12.4 Å². The average Bonchev–Trinajstić information content (AvgIpc) is 2.56. The first-order valence-corrected chi connectivity index (χ1v) is 6.77. The molecule has 3 amide bonds. The number of hydrogen-bond donors (Lipinski definition) is 3. The summed E-state index contributed by atoms with van der Waals surface area (Å²) in [4.78, 5) is 25.4. The number of carbonyl (C=O) groups is 2. The van der Waals surface area contributed by atoms with Gasteiger partial charge in [0.05, 0.1) is 6.54 Å². The molecule has 0 bridgehead atoms. The van der Waals surface area contributed by atoms with E-state index < -0.39 is 6.03 Å². The Labute approximate surface area is 127 Å². The average molecular weight is 307 g/mol. The van der Waals surface area contributed by atoms with Crippen LogP contribution in [-0.4, -0.2) is 48.1 Å². The fraction of sp³-hybridized carbons (Fsp3) is 0.846. The molecule has 1 aliphatic heterocycles. The number of nitrogens with one attached hydrogen (secondary N) is 2.